The summed E-state index contributed by atoms with van der Waals surface area (Å²) in [7, 11) is 0. The Kier molecular flexibility index (Phi) is 2.44. The van der Waals surface area contributed by atoms with Crippen molar-refractivity contribution in [1.82, 2.24) is 0 Å². The lowest BCUT2D eigenvalue weighted by Gasteiger charge is -2.30. The molecule has 0 spiro atoms. The van der Waals surface area contributed by atoms with Crippen molar-refractivity contribution in [1.29, 1.82) is 0 Å². The Morgan fingerprint density at radius 3 is 2.40 bits per heavy atom. The zero-order valence-corrected chi connectivity index (χ0v) is 7.07. The third-order valence-corrected chi connectivity index (χ3v) is 2.48. The second-order valence-electron chi connectivity index (χ2n) is 2.89. The van der Waals surface area contributed by atoms with Gasteiger partial charge in [0.2, 0.25) is 0 Å². The maximum atomic E-state index is 10.5. The van der Waals surface area contributed by atoms with Gasteiger partial charge >= 0.3 is 11.4 Å². The van der Waals surface area contributed by atoms with E-state index >= 15 is 0 Å². The first-order valence-electron chi connectivity index (χ1n) is 3.35. The van der Waals surface area contributed by atoms with Crippen molar-refractivity contribution in [2.24, 2.45) is 5.41 Å². The minimum Gasteiger partial charge on any atom is -0.268 e. The monoisotopic (exact) mass is 164 g/mol. The van der Waals surface area contributed by atoms with Crippen molar-refractivity contribution < 1.29 is 12.6 Å². The van der Waals surface area contributed by atoms with Crippen LogP contribution in [0.2, 0.25) is 0 Å². The van der Waals surface area contributed by atoms with E-state index in [4.69, 9.17) is 8.37 Å². The first kappa shape index (κ1) is 8.17. The molecule has 0 aliphatic carbocycles. The van der Waals surface area contributed by atoms with Gasteiger partial charge in [0.1, 0.15) is 0 Å². The van der Waals surface area contributed by atoms with Gasteiger partial charge in [-0.1, -0.05) is 13.8 Å². The summed E-state index contributed by atoms with van der Waals surface area (Å²) < 4.78 is 20.2. The summed E-state index contributed by atoms with van der Waals surface area (Å²) in [5.41, 5.74) is 0.0634. The Balaban J connectivity index is 2.46. The summed E-state index contributed by atoms with van der Waals surface area (Å²) in [6.07, 6.45) is 0.990. The molecule has 0 aromatic heterocycles. The standard InChI is InChI=1S/C6H12O3S/c1-3-6(2)4-8-10(7)9-5-6/h3-5H2,1-2H3. The van der Waals surface area contributed by atoms with Gasteiger partial charge in [0.25, 0.3) is 0 Å². The second-order valence-corrected chi connectivity index (χ2v) is 3.77. The van der Waals surface area contributed by atoms with Crippen LogP contribution in [-0.4, -0.2) is 17.4 Å². The maximum Gasteiger partial charge on any atom is 0.304 e. The van der Waals surface area contributed by atoms with Crippen LogP contribution in [0.5, 0.6) is 0 Å². The highest BCUT2D eigenvalue weighted by Crippen LogP contribution is 2.26. The molecular weight excluding hydrogens is 152 g/mol. The summed E-state index contributed by atoms with van der Waals surface area (Å²) in [5, 5.41) is 0. The summed E-state index contributed by atoms with van der Waals surface area (Å²) in [4.78, 5) is 0. The van der Waals surface area contributed by atoms with E-state index in [9.17, 15) is 4.21 Å². The second kappa shape index (κ2) is 2.98. The van der Waals surface area contributed by atoms with Crippen molar-refractivity contribution in [3.8, 4) is 0 Å². The number of hydrogen-bond acceptors (Lipinski definition) is 3. The zero-order chi connectivity index (χ0) is 7.61. The summed E-state index contributed by atoms with van der Waals surface area (Å²) >= 11 is -1.49. The summed E-state index contributed by atoms with van der Waals surface area (Å²) in [5.74, 6) is 0. The number of hydrogen-bond donors (Lipinski definition) is 0. The van der Waals surface area contributed by atoms with Crippen LogP contribution in [0.1, 0.15) is 20.3 Å². The molecule has 4 heteroatoms. The van der Waals surface area contributed by atoms with Crippen molar-refractivity contribution in [2.75, 3.05) is 13.2 Å². The van der Waals surface area contributed by atoms with Crippen LogP contribution < -0.4 is 0 Å². The summed E-state index contributed by atoms with van der Waals surface area (Å²) in [6.45, 7) is 5.20. The van der Waals surface area contributed by atoms with Crippen LogP contribution in [0.3, 0.4) is 0 Å². The SMILES string of the molecule is CCC1(C)COS(=O)OC1. The van der Waals surface area contributed by atoms with Gasteiger partial charge in [0.15, 0.2) is 0 Å². The third kappa shape index (κ3) is 1.78. The lowest BCUT2D eigenvalue weighted by Crippen LogP contribution is -2.34. The molecule has 3 nitrogen and oxygen atoms in total. The Morgan fingerprint density at radius 1 is 1.50 bits per heavy atom. The van der Waals surface area contributed by atoms with Gasteiger partial charge in [-0.05, 0) is 6.42 Å². The highest BCUT2D eigenvalue weighted by Gasteiger charge is 2.29. The van der Waals surface area contributed by atoms with Gasteiger partial charge in [-0.2, -0.15) is 4.21 Å². The zero-order valence-electron chi connectivity index (χ0n) is 6.25. The average Bonchev–Trinajstić information content (AvgIpc) is 1.96. The van der Waals surface area contributed by atoms with Crippen LogP contribution in [0, 0.1) is 5.41 Å². The molecule has 1 aliphatic rings. The number of rotatable bonds is 1. The van der Waals surface area contributed by atoms with Gasteiger partial charge in [-0.15, -0.1) is 0 Å². The Hall–Kier alpha value is 0.0700. The highest BCUT2D eigenvalue weighted by atomic mass is 32.2. The Labute approximate surface area is 63.6 Å². The molecule has 0 atom stereocenters. The van der Waals surface area contributed by atoms with Gasteiger partial charge in [-0.25, -0.2) is 0 Å². The molecule has 1 rings (SSSR count). The molecule has 1 saturated heterocycles. The highest BCUT2D eigenvalue weighted by molar-refractivity contribution is 7.75. The predicted molar refractivity (Wildman–Crippen MR) is 38.4 cm³/mol. The van der Waals surface area contributed by atoms with Gasteiger partial charge in [0.05, 0.1) is 13.2 Å². The van der Waals surface area contributed by atoms with E-state index < -0.39 is 11.4 Å². The molecule has 1 aliphatic heterocycles. The topological polar surface area (TPSA) is 35.5 Å². The molecule has 10 heavy (non-hydrogen) atoms. The Morgan fingerprint density at radius 2 is 2.00 bits per heavy atom. The van der Waals surface area contributed by atoms with E-state index in [0.29, 0.717) is 13.2 Å². The third-order valence-electron chi connectivity index (χ3n) is 1.86. The Bertz CT molecular complexity index is 136. The molecule has 0 amide bonds. The fourth-order valence-corrected chi connectivity index (χ4v) is 1.49. The smallest absolute Gasteiger partial charge is 0.268 e. The maximum absolute atomic E-state index is 10.5. The van der Waals surface area contributed by atoms with Gasteiger partial charge in [0, 0.05) is 5.41 Å². The normalized spacial score (nSPS) is 41.6. The molecule has 0 radical (unpaired) electrons. The fraction of sp³-hybridized carbons (Fsp3) is 1.00. The summed E-state index contributed by atoms with van der Waals surface area (Å²) in [6, 6.07) is 0. The molecule has 0 saturated carbocycles. The minimum atomic E-state index is -1.49. The molecule has 0 bridgehead atoms. The first-order valence-corrected chi connectivity index (χ1v) is 4.35. The molecule has 1 fully saturated rings. The predicted octanol–water partition coefficient (Wildman–Crippen LogP) is 1.03. The van der Waals surface area contributed by atoms with Crippen molar-refractivity contribution >= 4 is 11.4 Å². The van der Waals surface area contributed by atoms with Crippen LogP contribution in [0.25, 0.3) is 0 Å². The van der Waals surface area contributed by atoms with E-state index in [-0.39, 0.29) is 5.41 Å². The van der Waals surface area contributed by atoms with Crippen molar-refractivity contribution in [3.05, 3.63) is 0 Å². The van der Waals surface area contributed by atoms with Gasteiger partial charge < -0.3 is 0 Å². The fourth-order valence-electron chi connectivity index (χ4n) is 0.661. The van der Waals surface area contributed by atoms with Crippen molar-refractivity contribution in [2.45, 2.75) is 20.3 Å². The molecule has 60 valence electrons. The average molecular weight is 164 g/mol. The molecule has 0 N–H and O–H groups in total. The van der Waals surface area contributed by atoms with Gasteiger partial charge in [-0.3, -0.25) is 8.37 Å². The molecule has 0 aromatic carbocycles. The van der Waals surface area contributed by atoms with Crippen LogP contribution in [0.15, 0.2) is 0 Å². The molecule has 0 unspecified atom stereocenters. The lowest BCUT2D eigenvalue weighted by atomic mass is 9.90. The minimum absolute atomic E-state index is 0.0634. The molecule has 0 aromatic rings. The quantitative estimate of drug-likeness (QED) is 0.580. The molecule has 1 heterocycles. The van der Waals surface area contributed by atoms with E-state index in [1.54, 1.807) is 0 Å². The molecular formula is C6H12O3S. The van der Waals surface area contributed by atoms with Crippen molar-refractivity contribution in [3.63, 3.8) is 0 Å². The van der Waals surface area contributed by atoms with E-state index in [0.717, 1.165) is 6.42 Å². The van der Waals surface area contributed by atoms with E-state index in [2.05, 4.69) is 13.8 Å². The largest absolute Gasteiger partial charge is 0.304 e. The van der Waals surface area contributed by atoms with E-state index in [1.807, 2.05) is 0 Å². The van der Waals surface area contributed by atoms with E-state index in [1.165, 1.54) is 0 Å². The van der Waals surface area contributed by atoms with Crippen LogP contribution >= 0.6 is 0 Å². The lowest BCUT2D eigenvalue weighted by molar-refractivity contribution is 0.0496. The van der Waals surface area contributed by atoms with Crippen LogP contribution in [0.4, 0.5) is 0 Å². The van der Waals surface area contributed by atoms with Crippen LogP contribution in [-0.2, 0) is 19.7 Å². The first-order chi connectivity index (χ1) is 4.66.